The smallest absolute Gasteiger partial charge is 0.421 e. The van der Waals surface area contributed by atoms with Crippen LogP contribution in [0.3, 0.4) is 0 Å². The van der Waals surface area contributed by atoms with Gasteiger partial charge in [0.05, 0.1) is 6.61 Å². The molecule has 1 unspecified atom stereocenters. The van der Waals surface area contributed by atoms with Crippen LogP contribution in [-0.4, -0.2) is 40.4 Å². The van der Waals surface area contributed by atoms with E-state index in [-0.39, 0.29) is 6.61 Å². The molecule has 0 aromatic rings. The van der Waals surface area contributed by atoms with Gasteiger partial charge in [0.25, 0.3) is 0 Å². The topological polar surface area (TPSA) is 55.8 Å². The fourth-order valence-electron chi connectivity index (χ4n) is 1.91. The number of carbonyl (C=O) groups is 2. The fraction of sp³-hybridized carbons (Fsp3) is 0.778. The van der Waals surface area contributed by atoms with Crippen LogP contribution in [0.4, 0.5) is 4.79 Å². The van der Waals surface area contributed by atoms with Crippen molar-refractivity contribution in [2.75, 3.05) is 12.4 Å². The standard InChI is InChI=1S/C18H33NO4S/c1-7-10-11-12-14-24-19(17(21)23-18(4,5)6)15(13-8-2)16(20)22-9-3/h8,13,15H,7,9-12,14H2,1-6H3/b13-8+. The number of nitrogens with zero attached hydrogens (tertiary/aromatic N) is 1. The number of unbranched alkanes of at least 4 members (excludes halogenated alkanes) is 3. The van der Waals surface area contributed by atoms with Crippen LogP contribution in [0, 0.1) is 0 Å². The summed E-state index contributed by atoms with van der Waals surface area (Å²) in [5, 5.41) is 0. The number of ether oxygens (including phenoxy) is 2. The zero-order chi connectivity index (χ0) is 18.6. The van der Waals surface area contributed by atoms with E-state index in [9.17, 15) is 9.59 Å². The third-order valence-electron chi connectivity index (χ3n) is 2.96. The van der Waals surface area contributed by atoms with Crippen LogP contribution in [0.15, 0.2) is 12.2 Å². The number of rotatable bonds is 10. The molecule has 24 heavy (non-hydrogen) atoms. The van der Waals surface area contributed by atoms with Crippen molar-refractivity contribution in [2.24, 2.45) is 0 Å². The van der Waals surface area contributed by atoms with Gasteiger partial charge in [-0.3, -0.25) is 0 Å². The van der Waals surface area contributed by atoms with Gasteiger partial charge in [0, 0.05) is 5.75 Å². The molecule has 1 atom stereocenters. The van der Waals surface area contributed by atoms with E-state index in [2.05, 4.69) is 6.92 Å². The molecule has 0 aliphatic heterocycles. The second-order valence-corrected chi connectivity index (χ2v) is 7.48. The lowest BCUT2D eigenvalue weighted by Gasteiger charge is -2.30. The SMILES string of the molecule is C/C=C/C(C(=O)OCC)N(SCCCCCC)C(=O)OC(C)(C)C. The van der Waals surface area contributed by atoms with Gasteiger partial charge in [0.15, 0.2) is 6.04 Å². The minimum Gasteiger partial charge on any atom is -0.464 e. The molecule has 0 aromatic carbocycles. The molecule has 5 nitrogen and oxygen atoms in total. The van der Waals surface area contributed by atoms with E-state index in [0.717, 1.165) is 25.0 Å². The number of hydrogen-bond acceptors (Lipinski definition) is 5. The Morgan fingerprint density at radius 2 is 1.83 bits per heavy atom. The summed E-state index contributed by atoms with van der Waals surface area (Å²) in [5.74, 6) is 0.315. The van der Waals surface area contributed by atoms with E-state index in [4.69, 9.17) is 9.47 Å². The van der Waals surface area contributed by atoms with Crippen molar-refractivity contribution in [3.05, 3.63) is 12.2 Å². The Balaban J connectivity index is 5.09. The third-order valence-corrected chi connectivity index (χ3v) is 4.08. The van der Waals surface area contributed by atoms with Gasteiger partial charge in [-0.1, -0.05) is 38.3 Å². The average Bonchev–Trinajstić information content (AvgIpc) is 2.47. The van der Waals surface area contributed by atoms with Gasteiger partial charge in [0.2, 0.25) is 0 Å². The van der Waals surface area contributed by atoms with Gasteiger partial charge < -0.3 is 9.47 Å². The molecule has 1 amide bonds. The molecule has 0 rings (SSSR count). The van der Waals surface area contributed by atoms with Crippen molar-refractivity contribution in [1.82, 2.24) is 4.31 Å². The van der Waals surface area contributed by atoms with Crippen molar-refractivity contribution < 1.29 is 19.1 Å². The summed E-state index contributed by atoms with van der Waals surface area (Å²) in [4.78, 5) is 24.8. The van der Waals surface area contributed by atoms with E-state index in [1.807, 2.05) is 27.7 Å². The molecule has 0 aliphatic carbocycles. The number of esters is 1. The van der Waals surface area contributed by atoms with Gasteiger partial charge in [-0.2, -0.15) is 0 Å². The third kappa shape index (κ3) is 9.85. The van der Waals surface area contributed by atoms with Crippen molar-refractivity contribution >= 4 is 24.0 Å². The van der Waals surface area contributed by atoms with Crippen LogP contribution < -0.4 is 0 Å². The average molecular weight is 360 g/mol. The van der Waals surface area contributed by atoms with Gasteiger partial charge in [-0.15, -0.1) is 0 Å². The largest absolute Gasteiger partial charge is 0.464 e. The number of amides is 1. The molecule has 0 aliphatic rings. The van der Waals surface area contributed by atoms with Gasteiger partial charge in [0.1, 0.15) is 5.60 Å². The van der Waals surface area contributed by atoms with Gasteiger partial charge in [-0.05, 0) is 53.0 Å². The van der Waals surface area contributed by atoms with Crippen LogP contribution >= 0.6 is 11.9 Å². The fourth-order valence-corrected chi connectivity index (χ4v) is 2.90. The maximum absolute atomic E-state index is 12.5. The van der Waals surface area contributed by atoms with Gasteiger partial charge in [-0.25, -0.2) is 13.9 Å². The summed E-state index contributed by atoms with van der Waals surface area (Å²) in [5.41, 5.74) is -0.618. The molecule has 140 valence electrons. The summed E-state index contributed by atoms with van der Waals surface area (Å²) < 4.78 is 12.0. The zero-order valence-corrected chi connectivity index (χ0v) is 16.8. The van der Waals surface area contributed by atoms with Crippen LogP contribution in [0.2, 0.25) is 0 Å². The summed E-state index contributed by atoms with van der Waals surface area (Å²) >= 11 is 1.33. The number of carbonyl (C=O) groups excluding carboxylic acids is 2. The summed E-state index contributed by atoms with van der Waals surface area (Å²) in [6.07, 6.45) is 7.33. The first kappa shape index (κ1) is 22.8. The summed E-state index contributed by atoms with van der Waals surface area (Å²) in [6, 6.07) is -0.777. The minimum absolute atomic E-state index is 0.274. The first-order valence-electron chi connectivity index (χ1n) is 8.71. The molecule has 0 spiro atoms. The van der Waals surface area contributed by atoms with Crippen LogP contribution in [0.5, 0.6) is 0 Å². The molecule has 0 aromatic heterocycles. The summed E-state index contributed by atoms with van der Waals surface area (Å²) in [7, 11) is 0. The van der Waals surface area contributed by atoms with E-state index in [1.165, 1.54) is 22.7 Å². The maximum atomic E-state index is 12.5. The molecule has 0 saturated heterocycles. The minimum atomic E-state index is -0.777. The highest BCUT2D eigenvalue weighted by Gasteiger charge is 2.32. The molecule has 0 saturated carbocycles. The van der Waals surface area contributed by atoms with E-state index in [0.29, 0.717) is 0 Å². The first-order chi connectivity index (χ1) is 11.3. The molecule has 0 heterocycles. The van der Waals surface area contributed by atoms with Crippen LogP contribution in [0.25, 0.3) is 0 Å². The zero-order valence-electron chi connectivity index (χ0n) is 16.0. The maximum Gasteiger partial charge on any atom is 0.421 e. The molecular formula is C18H33NO4S. The predicted octanol–water partition coefficient (Wildman–Crippen LogP) is 4.96. The Hall–Kier alpha value is -1.17. The highest BCUT2D eigenvalue weighted by molar-refractivity contribution is 7.97. The van der Waals surface area contributed by atoms with Gasteiger partial charge >= 0.3 is 12.1 Å². The molecule has 6 heteroatoms. The lowest BCUT2D eigenvalue weighted by molar-refractivity contribution is -0.145. The second-order valence-electron chi connectivity index (χ2n) is 6.42. The normalized spacial score (nSPS) is 12.9. The van der Waals surface area contributed by atoms with E-state index >= 15 is 0 Å². The molecule has 0 radical (unpaired) electrons. The van der Waals surface area contributed by atoms with Crippen LogP contribution in [-0.2, 0) is 14.3 Å². The monoisotopic (exact) mass is 359 g/mol. The Bertz CT molecular complexity index is 404. The Kier molecular flexibility index (Phi) is 11.6. The first-order valence-corrected chi connectivity index (χ1v) is 9.65. The van der Waals surface area contributed by atoms with E-state index in [1.54, 1.807) is 19.1 Å². The predicted molar refractivity (Wildman–Crippen MR) is 99.9 cm³/mol. The Labute approximate surface area is 151 Å². The highest BCUT2D eigenvalue weighted by atomic mass is 32.2. The van der Waals surface area contributed by atoms with Crippen molar-refractivity contribution in [3.8, 4) is 0 Å². The molecule has 0 N–H and O–H groups in total. The Morgan fingerprint density at radius 3 is 2.33 bits per heavy atom. The van der Waals surface area contributed by atoms with Crippen LogP contribution in [0.1, 0.15) is 67.2 Å². The quantitative estimate of drug-likeness (QED) is 0.239. The number of allylic oxidation sites excluding steroid dienone is 1. The lowest BCUT2D eigenvalue weighted by Crippen LogP contribution is -2.43. The van der Waals surface area contributed by atoms with E-state index < -0.39 is 23.7 Å². The second kappa shape index (κ2) is 12.2. The van der Waals surface area contributed by atoms with Crippen molar-refractivity contribution in [1.29, 1.82) is 0 Å². The van der Waals surface area contributed by atoms with Crippen molar-refractivity contribution in [2.45, 2.75) is 78.9 Å². The highest BCUT2D eigenvalue weighted by Crippen LogP contribution is 2.23. The molecule has 0 bridgehead atoms. The Morgan fingerprint density at radius 1 is 1.17 bits per heavy atom. The van der Waals surface area contributed by atoms with Crippen molar-refractivity contribution in [3.63, 3.8) is 0 Å². The molecular weight excluding hydrogens is 326 g/mol. The summed E-state index contributed by atoms with van der Waals surface area (Å²) in [6.45, 7) is 11.4. The lowest BCUT2D eigenvalue weighted by atomic mass is 10.2. The molecule has 0 fully saturated rings. The number of hydrogen-bond donors (Lipinski definition) is 0.